The van der Waals surface area contributed by atoms with E-state index in [-0.39, 0.29) is 0 Å². The normalized spacial score (nSPS) is 14.1. The van der Waals surface area contributed by atoms with Crippen molar-refractivity contribution in [1.29, 1.82) is 0 Å². The summed E-state index contributed by atoms with van der Waals surface area (Å²) >= 11 is 1.73. The molecule has 4 heteroatoms. The molecule has 2 N–H and O–H groups in total. The van der Waals surface area contributed by atoms with E-state index < -0.39 is 0 Å². The Bertz CT molecular complexity index is 547. The third kappa shape index (κ3) is 2.00. The number of rotatable bonds is 2. The Morgan fingerprint density at radius 3 is 3.12 bits per heavy atom. The van der Waals surface area contributed by atoms with Crippen LogP contribution >= 0.6 is 11.3 Å². The van der Waals surface area contributed by atoms with Crippen molar-refractivity contribution < 1.29 is 0 Å². The zero-order valence-corrected chi connectivity index (χ0v) is 10.6. The highest BCUT2D eigenvalue weighted by Crippen LogP contribution is 2.31. The number of thiazole rings is 1. The summed E-state index contributed by atoms with van der Waals surface area (Å²) in [5.74, 6) is 0. The maximum Gasteiger partial charge on any atom is 0.112 e. The molecule has 2 heterocycles. The van der Waals surface area contributed by atoms with Crippen molar-refractivity contribution in [2.75, 3.05) is 17.2 Å². The molecule has 0 saturated heterocycles. The third-order valence-corrected chi connectivity index (χ3v) is 4.05. The molecule has 3 nitrogen and oxygen atoms in total. The number of aromatic nitrogens is 1. The minimum atomic E-state index is 0.839. The van der Waals surface area contributed by atoms with Gasteiger partial charge in [0.2, 0.25) is 0 Å². The summed E-state index contributed by atoms with van der Waals surface area (Å²) in [6.07, 6.45) is 1.11. The van der Waals surface area contributed by atoms with Crippen molar-refractivity contribution in [2.24, 2.45) is 0 Å². The Morgan fingerprint density at radius 2 is 2.35 bits per heavy atom. The van der Waals surface area contributed by atoms with Crippen molar-refractivity contribution in [3.63, 3.8) is 0 Å². The molecule has 1 aliphatic heterocycles. The highest BCUT2D eigenvalue weighted by molar-refractivity contribution is 7.09. The van der Waals surface area contributed by atoms with Crippen LogP contribution in [0.5, 0.6) is 0 Å². The largest absolute Gasteiger partial charge is 0.399 e. The van der Waals surface area contributed by atoms with Crippen LogP contribution in [0.15, 0.2) is 23.6 Å². The Balaban J connectivity index is 1.86. The van der Waals surface area contributed by atoms with Crippen molar-refractivity contribution in [1.82, 2.24) is 4.98 Å². The Kier molecular flexibility index (Phi) is 2.52. The summed E-state index contributed by atoms with van der Waals surface area (Å²) < 4.78 is 0. The molecule has 0 radical (unpaired) electrons. The van der Waals surface area contributed by atoms with E-state index in [4.69, 9.17) is 5.73 Å². The van der Waals surface area contributed by atoms with Gasteiger partial charge < -0.3 is 10.6 Å². The van der Waals surface area contributed by atoms with E-state index in [0.29, 0.717) is 0 Å². The molecule has 0 fully saturated rings. The maximum absolute atomic E-state index is 5.85. The second-order valence-electron chi connectivity index (χ2n) is 4.44. The van der Waals surface area contributed by atoms with Gasteiger partial charge in [0.25, 0.3) is 0 Å². The van der Waals surface area contributed by atoms with Crippen molar-refractivity contribution in [3.05, 3.63) is 39.8 Å². The maximum atomic E-state index is 5.85. The highest BCUT2D eigenvalue weighted by Gasteiger charge is 2.19. The lowest BCUT2D eigenvalue weighted by Gasteiger charge is -2.18. The molecule has 0 aliphatic carbocycles. The Labute approximate surface area is 105 Å². The first-order chi connectivity index (χ1) is 8.22. The average Bonchev–Trinajstić information content (AvgIpc) is 2.87. The van der Waals surface area contributed by atoms with Gasteiger partial charge >= 0.3 is 0 Å². The summed E-state index contributed by atoms with van der Waals surface area (Å²) in [6.45, 7) is 4.00. The molecule has 1 aromatic carbocycles. The van der Waals surface area contributed by atoms with Gasteiger partial charge in [0.05, 0.1) is 6.54 Å². The average molecular weight is 245 g/mol. The van der Waals surface area contributed by atoms with Gasteiger partial charge in [0.1, 0.15) is 5.01 Å². The first kappa shape index (κ1) is 10.6. The molecule has 17 heavy (non-hydrogen) atoms. The lowest BCUT2D eigenvalue weighted by molar-refractivity contribution is 0.827. The van der Waals surface area contributed by atoms with Gasteiger partial charge in [-0.1, -0.05) is 6.07 Å². The van der Waals surface area contributed by atoms with Crippen LogP contribution in [-0.4, -0.2) is 11.5 Å². The highest BCUT2D eigenvalue weighted by atomic mass is 32.1. The van der Waals surface area contributed by atoms with Gasteiger partial charge in [-0.2, -0.15) is 0 Å². The van der Waals surface area contributed by atoms with E-state index in [1.807, 2.05) is 13.0 Å². The predicted octanol–water partition coefficient (Wildman–Crippen LogP) is 2.60. The van der Waals surface area contributed by atoms with E-state index in [0.717, 1.165) is 30.9 Å². The number of nitrogen functional groups attached to an aromatic ring is 1. The molecule has 0 bridgehead atoms. The fourth-order valence-corrected chi connectivity index (χ4v) is 3.05. The number of benzene rings is 1. The van der Waals surface area contributed by atoms with Crippen LogP contribution < -0.4 is 10.6 Å². The Hall–Kier alpha value is -1.55. The van der Waals surface area contributed by atoms with Gasteiger partial charge in [-0.05, 0) is 31.0 Å². The number of fused-ring (bicyclic) bond motifs is 1. The number of nitrogens with zero attached hydrogens (tertiary/aromatic N) is 2. The smallest absolute Gasteiger partial charge is 0.112 e. The van der Waals surface area contributed by atoms with Crippen LogP contribution in [-0.2, 0) is 13.0 Å². The molecule has 0 unspecified atom stereocenters. The molecule has 3 rings (SSSR count). The minimum Gasteiger partial charge on any atom is -0.399 e. The van der Waals surface area contributed by atoms with Crippen molar-refractivity contribution >= 4 is 22.7 Å². The molecule has 0 saturated carbocycles. The van der Waals surface area contributed by atoms with Gasteiger partial charge in [-0.3, -0.25) is 0 Å². The van der Waals surface area contributed by atoms with Crippen molar-refractivity contribution in [3.8, 4) is 0 Å². The fourth-order valence-electron chi connectivity index (χ4n) is 2.27. The molecule has 1 aliphatic rings. The van der Waals surface area contributed by atoms with E-state index in [9.17, 15) is 0 Å². The zero-order chi connectivity index (χ0) is 11.8. The molecule has 0 amide bonds. The van der Waals surface area contributed by atoms with Crippen molar-refractivity contribution in [2.45, 2.75) is 19.9 Å². The van der Waals surface area contributed by atoms with Crippen LogP contribution in [0.25, 0.3) is 0 Å². The summed E-state index contributed by atoms with van der Waals surface area (Å²) in [4.78, 5) is 6.88. The van der Waals surface area contributed by atoms with Crippen LogP contribution in [0, 0.1) is 6.92 Å². The minimum absolute atomic E-state index is 0.839. The predicted molar refractivity (Wildman–Crippen MR) is 72.5 cm³/mol. The van der Waals surface area contributed by atoms with E-state index in [1.165, 1.54) is 16.3 Å². The topological polar surface area (TPSA) is 42.1 Å². The number of hydrogen-bond donors (Lipinski definition) is 1. The summed E-state index contributed by atoms with van der Waals surface area (Å²) in [6, 6.07) is 6.19. The van der Waals surface area contributed by atoms with E-state index >= 15 is 0 Å². The first-order valence-electron chi connectivity index (χ1n) is 5.77. The quantitative estimate of drug-likeness (QED) is 0.827. The van der Waals surface area contributed by atoms with E-state index in [2.05, 4.69) is 27.4 Å². The van der Waals surface area contributed by atoms with Gasteiger partial charge in [-0.15, -0.1) is 11.3 Å². The second-order valence-corrected chi connectivity index (χ2v) is 5.38. The van der Waals surface area contributed by atoms with Crippen LogP contribution in [0.1, 0.15) is 16.3 Å². The van der Waals surface area contributed by atoms with Gasteiger partial charge in [0.15, 0.2) is 0 Å². The monoisotopic (exact) mass is 245 g/mol. The van der Waals surface area contributed by atoms with Crippen LogP contribution in [0.2, 0.25) is 0 Å². The van der Waals surface area contributed by atoms with Gasteiger partial charge in [0, 0.05) is 29.0 Å². The summed E-state index contributed by atoms with van der Waals surface area (Å²) in [7, 11) is 0. The molecule has 1 aromatic heterocycles. The van der Waals surface area contributed by atoms with E-state index in [1.54, 1.807) is 11.3 Å². The summed E-state index contributed by atoms with van der Waals surface area (Å²) in [5.41, 5.74) is 10.5. The molecular weight excluding hydrogens is 230 g/mol. The third-order valence-electron chi connectivity index (χ3n) is 3.09. The molecule has 0 atom stereocenters. The number of hydrogen-bond acceptors (Lipinski definition) is 4. The SMILES string of the molecule is Cc1csc(CN2CCc3ccc(N)cc32)n1. The second kappa shape index (κ2) is 4.04. The molecule has 2 aromatic rings. The van der Waals surface area contributed by atoms with Crippen LogP contribution in [0.4, 0.5) is 11.4 Å². The fraction of sp³-hybridized carbons (Fsp3) is 0.308. The van der Waals surface area contributed by atoms with Gasteiger partial charge in [-0.25, -0.2) is 4.98 Å². The number of aryl methyl sites for hydroxylation is 1. The first-order valence-corrected chi connectivity index (χ1v) is 6.65. The summed E-state index contributed by atoms with van der Waals surface area (Å²) in [5, 5.41) is 3.28. The number of nitrogens with two attached hydrogens (primary N) is 1. The van der Waals surface area contributed by atoms with Crippen LogP contribution in [0.3, 0.4) is 0 Å². The number of anilines is 2. The standard InChI is InChI=1S/C13H15N3S/c1-9-8-17-13(15-9)7-16-5-4-10-2-3-11(14)6-12(10)16/h2-3,6,8H,4-5,7,14H2,1H3. The molecular formula is C13H15N3S. The molecule has 0 spiro atoms. The lowest BCUT2D eigenvalue weighted by Crippen LogP contribution is -2.19. The lowest BCUT2D eigenvalue weighted by atomic mass is 10.1. The Morgan fingerprint density at radius 1 is 1.47 bits per heavy atom. The zero-order valence-electron chi connectivity index (χ0n) is 9.81. The molecule has 88 valence electrons.